The predicted octanol–water partition coefficient (Wildman–Crippen LogP) is 2.92. The van der Waals surface area contributed by atoms with Crippen LogP contribution in [0.4, 0.5) is 0 Å². The zero-order chi connectivity index (χ0) is 15.6. The fourth-order valence-electron chi connectivity index (χ4n) is 2.08. The van der Waals surface area contributed by atoms with E-state index in [0.717, 1.165) is 5.56 Å². The number of H-pyrrole nitrogens is 1. The highest BCUT2D eigenvalue weighted by Gasteiger charge is 2.18. The summed E-state index contributed by atoms with van der Waals surface area (Å²) in [6, 6.07) is 5.33. The average Bonchev–Trinajstić information content (AvgIpc) is 2.95. The summed E-state index contributed by atoms with van der Waals surface area (Å²) >= 11 is 0. The number of nitrogens with one attached hydrogen (secondary N) is 1. The lowest BCUT2D eigenvalue weighted by molar-refractivity contribution is 0.0690. The van der Waals surface area contributed by atoms with Crippen LogP contribution in [0.5, 0.6) is 11.5 Å². The Labute approximate surface area is 122 Å². The van der Waals surface area contributed by atoms with Crippen molar-refractivity contribution >= 4 is 5.97 Å². The van der Waals surface area contributed by atoms with E-state index in [1.54, 1.807) is 14.2 Å². The van der Waals surface area contributed by atoms with Gasteiger partial charge in [-0.25, -0.2) is 4.79 Å². The summed E-state index contributed by atoms with van der Waals surface area (Å²) in [6.07, 6.45) is 0. The molecule has 0 bridgehead atoms. The molecule has 0 unspecified atom stereocenters. The van der Waals surface area contributed by atoms with Crippen molar-refractivity contribution in [1.29, 1.82) is 0 Å². The number of aromatic nitrogens is 2. The lowest BCUT2D eigenvalue weighted by Crippen LogP contribution is -1.97. The Kier molecular flexibility index (Phi) is 4.16. The third-order valence-electron chi connectivity index (χ3n) is 3.25. The van der Waals surface area contributed by atoms with Gasteiger partial charge in [0.25, 0.3) is 0 Å². The van der Waals surface area contributed by atoms with Gasteiger partial charge in [-0.05, 0) is 29.7 Å². The minimum absolute atomic E-state index is 0.0287. The van der Waals surface area contributed by atoms with Crippen molar-refractivity contribution in [2.75, 3.05) is 14.2 Å². The Bertz CT molecular complexity index is 662. The van der Waals surface area contributed by atoms with Gasteiger partial charge < -0.3 is 14.6 Å². The highest BCUT2D eigenvalue weighted by atomic mass is 16.5. The van der Waals surface area contributed by atoms with Crippen LogP contribution in [0.25, 0.3) is 11.3 Å². The number of hydrogen-bond donors (Lipinski definition) is 2. The van der Waals surface area contributed by atoms with Crippen LogP contribution in [-0.4, -0.2) is 35.5 Å². The molecule has 2 aromatic rings. The summed E-state index contributed by atoms with van der Waals surface area (Å²) in [4.78, 5) is 11.0. The molecule has 6 nitrogen and oxygen atoms in total. The first-order chi connectivity index (χ1) is 9.97. The first-order valence-corrected chi connectivity index (χ1v) is 6.53. The standard InChI is InChI=1S/C15H18N2O4/c1-8(2)9-5-10(14(21-4)13(6-9)20-3)11-7-12(15(18)19)17-16-11/h5-8H,1-4H3,(H,16,17)(H,18,19). The monoisotopic (exact) mass is 290 g/mol. The number of benzene rings is 1. The minimum Gasteiger partial charge on any atom is -0.493 e. The van der Waals surface area contributed by atoms with E-state index in [1.165, 1.54) is 6.07 Å². The molecule has 1 aromatic carbocycles. The molecule has 0 radical (unpaired) electrons. The molecule has 0 saturated carbocycles. The molecule has 2 rings (SSSR count). The molecule has 1 aromatic heterocycles. The van der Waals surface area contributed by atoms with Crippen molar-refractivity contribution in [1.82, 2.24) is 10.2 Å². The highest BCUT2D eigenvalue weighted by Crippen LogP contribution is 2.40. The van der Waals surface area contributed by atoms with Gasteiger partial charge >= 0.3 is 5.97 Å². The maximum Gasteiger partial charge on any atom is 0.353 e. The topological polar surface area (TPSA) is 84.4 Å². The second-order valence-corrected chi connectivity index (χ2v) is 4.93. The molecule has 0 amide bonds. The fraction of sp³-hybridized carbons (Fsp3) is 0.333. The quantitative estimate of drug-likeness (QED) is 0.884. The number of nitrogens with zero attached hydrogens (tertiary/aromatic N) is 1. The highest BCUT2D eigenvalue weighted by molar-refractivity contribution is 5.87. The Morgan fingerprint density at radius 2 is 1.95 bits per heavy atom. The third kappa shape index (κ3) is 2.84. The molecule has 21 heavy (non-hydrogen) atoms. The van der Waals surface area contributed by atoms with Crippen molar-refractivity contribution in [3.8, 4) is 22.8 Å². The SMILES string of the molecule is COc1cc(C(C)C)cc(-c2cc(C(=O)O)[nH]n2)c1OC. The Morgan fingerprint density at radius 1 is 1.24 bits per heavy atom. The van der Waals surface area contributed by atoms with E-state index in [4.69, 9.17) is 14.6 Å². The maximum atomic E-state index is 11.0. The van der Waals surface area contributed by atoms with Crippen LogP contribution < -0.4 is 9.47 Å². The lowest BCUT2D eigenvalue weighted by atomic mass is 9.98. The summed E-state index contributed by atoms with van der Waals surface area (Å²) in [5.74, 6) is 0.366. The van der Waals surface area contributed by atoms with Crippen molar-refractivity contribution in [2.45, 2.75) is 19.8 Å². The summed E-state index contributed by atoms with van der Waals surface area (Å²) in [5.41, 5.74) is 2.29. The number of aromatic carboxylic acids is 1. The fourth-order valence-corrected chi connectivity index (χ4v) is 2.08. The van der Waals surface area contributed by atoms with Crippen LogP contribution in [0.1, 0.15) is 35.8 Å². The molecule has 0 atom stereocenters. The smallest absolute Gasteiger partial charge is 0.353 e. The van der Waals surface area contributed by atoms with Crippen LogP contribution in [-0.2, 0) is 0 Å². The molecule has 2 N–H and O–H groups in total. The van der Waals surface area contributed by atoms with E-state index in [0.29, 0.717) is 28.7 Å². The first-order valence-electron chi connectivity index (χ1n) is 6.53. The Balaban J connectivity index is 2.63. The van der Waals surface area contributed by atoms with Gasteiger partial charge in [-0.2, -0.15) is 5.10 Å². The molecule has 0 saturated heterocycles. The maximum absolute atomic E-state index is 11.0. The number of carbonyl (C=O) groups is 1. The van der Waals surface area contributed by atoms with E-state index in [9.17, 15) is 4.79 Å². The number of ether oxygens (including phenoxy) is 2. The van der Waals surface area contributed by atoms with E-state index in [-0.39, 0.29) is 5.69 Å². The number of carboxylic acids is 1. The van der Waals surface area contributed by atoms with Gasteiger partial charge in [-0.15, -0.1) is 0 Å². The number of hydrogen-bond acceptors (Lipinski definition) is 4. The van der Waals surface area contributed by atoms with Gasteiger partial charge in [0.2, 0.25) is 0 Å². The molecule has 6 heteroatoms. The molecule has 112 valence electrons. The molecule has 0 aliphatic rings. The molecular weight excluding hydrogens is 272 g/mol. The second-order valence-electron chi connectivity index (χ2n) is 4.93. The van der Waals surface area contributed by atoms with E-state index >= 15 is 0 Å². The van der Waals surface area contributed by atoms with Crippen molar-refractivity contribution in [3.05, 3.63) is 29.5 Å². The van der Waals surface area contributed by atoms with Crippen LogP contribution in [0.2, 0.25) is 0 Å². The van der Waals surface area contributed by atoms with Gasteiger partial charge in [0.15, 0.2) is 11.5 Å². The van der Waals surface area contributed by atoms with Crippen LogP contribution in [0.3, 0.4) is 0 Å². The van der Waals surface area contributed by atoms with Gasteiger partial charge in [-0.1, -0.05) is 13.8 Å². The minimum atomic E-state index is -1.06. The van der Waals surface area contributed by atoms with E-state index < -0.39 is 5.97 Å². The van der Waals surface area contributed by atoms with Crippen LogP contribution >= 0.6 is 0 Å². The Hall–Kier alpha value is -2.50. The molecule has 0 aliphatic heterocycles. The lowest BCUT2D eigenvalue weighted by Gasteiger charge is -2.15. The number of aromatic amines is 1. The summed E-state index contributed by atoms with van der Waals surface area (Å²) in [5, 5.41) is 15.5. The normalized spacial score (nSPS) is 10.7. The van der Waals surface area contributed by atoms with Crippen molar-refractivity contribution < 1.29 is 19.4 Å². The van der Waals surface area contributed by atoms with Gasteiger partial charge in [0, 0.05) is 5.56 Å². The second kappa shape index (κ2) is 5.87. The molecule has 0 fully saturated rings. The van der Waals surface area contributed by atoms with E-state index in [2.05, 4.69) is 24.0 Å². The van der Waals surface area contributed by atoms with Gasteiger partial charge in [0.1, 0.15) is 5.69 Å². The summed E-state index contributed by atoms with van der Waals surface area (Å²) in [7, 11) is 3.11. The van der Waals surface area contributed by atoms with Crippen LogP contribution in [0, 0.1) is 0 Å². The Morgan fingerprint density at radius 3 is 2.43 bits per heavy atom. The molecule has 1 heterocycles. The largest absolute Gasteiger partial charge is 0.493 e. The average molecular weight is 290 g/mol. The van der Waals surface area contributed by atoms with E-state index in [1.807, 2.05) is 12.1 Å². The van der Waals surface area contributed by atoms with Gasteiger partial charge in [-0.3, -0.25) is 5.10 Å². The number of carboxylic acid groups (broad SMARTS) is 1. The van der Waals surface area contributed by atoms with Gasteiger partial charge in [0.05, 0.1) is 19.9 Å². The predicted molar refractivity (Wildman–Crippen MR) is 78.2 cm³/mol. The molecule has 0 aliphatic carbocycles. The summed E-state index contributed by atoms with van der Waals surface area (Å²) in [6.45, 7) is 4.14. The first kappa shape index (κ1) is 14.9. The van der Waals surface area contributed by atoms with Crippen molar-refractivity contribution in [2.24, 2.45) is 0 Å². The number of rotatable bonds is 5. The molecular formula is C15H18N2O4. The van der Waals surface area contributed by atoms with Crippen molar-refractivity contribution in [3.63, 3.8) is 0 Å². The third-order valence-corrected chi connectivity index (χ3v) is 3.25. The summed E-state index contributed by atoms with van der Waals surface area (Å²) < 4.78 is 10.8. The van der Waals surface area contributed by atoms with Crippen LogP contribution in [0.15, 0.2) is 18.2 Å². The molecule has 0 spiro atoms. The zero-order valence-corrected chi connectivity index (χ0v) is 12.4. The number of methoxy groups -OCH3 is 2. The zero-order valence-electron chi connectivity index (χ0n) is 12.4.